The monoisotopic (exact) mass is 320 g/mol. The molecule has 0 spiro atoms. The van der Waals surface area contributed by atoms with Gasteiger partial charge in [0.1, 0.15) is 5.82 Å². The van der Waals surface area contributed by atoms with E-state index in [1.54, 1.807) is 0 Å². The molecule has 0 amide bonds. The van der Waals surface area contributed by atoms with E-state index in [0.717, 1.165) is 25.3 Å². The Morgan fingerprint density at radius 3 is 2.33 bits per heavy atom. The molecule has 1 fully saturated rings. The van der Waals surface area contributed by atoms with Crippen LogP contribution in [0, 0.1) is 28.8 Å². The summed E-state index contributed by atoms with van der Waals surface area (Å²) in [6.07, 6.45) is 3.14. The first-order valence-corrected chi connectivity index (χ1v) is 7.03. The first-order chi connectivity index (χ1) is 8.33. The Labute approximate surface area is 114 Å². The van der Waals surface area contributed by atoms with Crippen LogP contribution in [0.2, 0.25) is 0 Å². The number of hydrogen-bond donors (Lipinski definition) is 0. The minimum absolute atomic E-state index is 0.0888. The van der Waals surface area contributed by atoms with Crippen LogP contribution in [0.15, 0.2) is 12.1 Å². The average molecular weight is 321 g/mol. The quantitative estimate of drug-likeness (QED) is 0.508. The highest BCUT2D eigenvalue weighted by molar-refractivity contribution is 9.09. The van der Waals surface area contributed by atoms with Gasteiger partial charge in [-0.25, -0.2) is 13.2 Å². The van der Waals surface area contributed by atoms with E-state index < -0.39 is 17.5 Å². The Kier molecular flexibility index (Phi) is 3.77. The van der Waals surface area contributed by atoms with Gasteiger partial charge >= 0.3 is 0 Å². The number of halogens is 4. The Hall–Kier alpha value is -0.510. The molecule has 18 heavy (non-hydrogen) atoms. The van der Waals surface area contributed by atoms with Crippen molar-refractivity contribution in [3.63, 3.8) is 0 Å². The third-order valence-electron chi connectivity index (χ3n) is 4.03. The van der Waals surface area contributed by atoms with Gasteiger partial charge in [-0.2, -0.15) is 0 Å². The molecule has 1 aliphatic carbocycles. The summed E-state index contributed by atoms with van der Waals surface area (Å²) in [4.78, 5) is -0.273. The molecule has 0 bridgehead atoms. The molecule has 0 N–H and O–H groups in total. The highest BCUT2D eigenvalue weighted by Gasteiger charge is 2.40. The molecule has 1 aromatic rings. The molecule has 1 aliphatic rings. The summed E-state index contributed by atoms with van der Waals surface area (Å²) < 4.78 is 39.9. The number of hydrogen-bond acceptors (Lipinski definition) is 0. The maximum Gasteiger partial charge on any atom is 0.161 e. The Morgan fingerprint density at radius 2 is 1.78 bits per heavy atom. The fraction of sp³-hybridized carbons (Fsp3) is 0.571. The van der Waals surface area contributed by atoms with Crippen LogP contribution in [-0.4, -0.2) is 0 Å². The van der Waals surface area contributed by atoms with Gasteiger partial charge in [-0.1, -0.05) is 36.2 Å². The third-order valence-corrected chi connectivity index (χ3v) is 5.16. The Bertz CT molecular complexity index is 457. The van der Waals surface area contributed by atoms with Gasteiger partial charge in [-0.05, 0) is 30.2 Å². The van der Waals surface area contributed by atoms with Crippen LogP contribution < -0.4 is 0 Å². The maximum absolute atomic E-state index is 13.7. The minimum atomic E-state index is -1.14. The second-order valence-corrected chi connectivity index (χ2v) is 6.66. The van der Waals surface area contributed by atoms with Crippen LogP contribution in [0.5, 0.6) is 0 Å². The first-order valence-electron chi connectivity index (χ1n) is 6.11. The summed E-state index contributed by atoms with van der Waals surface area (Å²) in [7, 11) is 0. The van der Waals surface area contributed by atoms with E-state index in [2.05, 4.69) is 29.8 Å². The van der Waals surface area contributed by atoms with E-state index in [1.165, 1.54) is 0 Å². The van der Waals surface area contributed by atoms with Crippen LogP contribution in [0.3, 0.4) is 0 Å². The zero-order chi connectivity index (χ0) is 13.5. The van der Waals surface area contributed by atoms with Gasteiger partial charge in [0.25, 0.3) is 0 Å². The highest BCUT2D eigenvalue weighted by Crippen LogP contribution is 2.52. The largest absolute Gasteiger partial charge is 0.207 e. The van der Waals surface area contributed by atoms with Gasteiger partial charge < -0.3 is 0 Å². The predicted molar refractivity (Wildman–Crippen MR) is 69.1 cm³/mol. The number of benzene rings is 1. The molecule has 2 unspecified atom stereocenters. The van der Waals surface area contributed by atoms with E-state index >= 15 is 0 Å². The third kappa shape index (κ3) is 2.44. The van der Waals surface area contributed by atoms with Crippen molar-refractivity contribution in [2.75, 3.05) is 0 Å². The zero-order valence-electron chi connectivity index (χ0n) is 10.4. The van der Waals surface area contributed by atoms with Gasteiger partial charge in [0.2, 0.25) is 0 Å². The SMILES string of the molecule is CC1(C)CCCC1C(Br)c1cc(F)c(F)cc1F. The van der Waals surface area contributed by atoms with Crippen LogP contribution in [0.25, 0.3) is 0 Å². The molecule has 0 radical (unpaired) electrons. The van der Waals surface area contributed by atoms with Crippen LogP contribution in [-0.2, 0) is 0 Å². The predicted octanol–water partition coefficient (Wildman–Crippen LogP) is 5.37. The summed E-state index contributed by atoms with van der Waals surface area (Å²) in [5.41, 5.74) is 0.305. The molecule has 2 rings (SSSR count). The van der Waals surface area contributed by atoms with Gasteiger partial charge in [0.15, 0.2) is 11.6 Å². The molecular weight excluding hydrogens is 305 g/mol. The van der Waals surface area contributed by atoms with E-state index in [0.29, 0.717) is 6.07 Å². The van der Waals surface area contributed by atoms with Crippen molar-refractivity contribution < 1.29 is 13.2 Å². The second-order valence-electron chi connectivity index (χ2n) is 5.68. The highest BCUT2D eigenvalue weighted by atomic mass is 79.9. The van der Waals surface area contributed by atoms with E-state index in [9.17, 15) is 13.2 Å². The van der Waals surface area contributed by atoms with E-state index in [4.69, 9.17) is 0 Å². The lowest BCUT2D eigenvalue weighted by molar-refractivity contribution is 0.254. The molecule has 0 saturated heterocycles. The summed E-state index contributed by atoms with van der Waals surface area (Å²) >= 11 is 3.47. The van der Waals surface area contributed by atoms with Crippen molar-refractivity contribution in [3.05, 3.63) is 35.1 Å². The van der Waals surface area contributed by atoms with E-state index in [1.807, 2.05) is 0 Å². The van der Waals surface area contributed by atoms with Gasteiger partial charge in [-0.3, -0.25) is 0 Å². The lowest BCUT2D eigenvalue weighted by Gasteiger charge is -2.31. The molecule has 100 valence electrons. The topological polar surface area (TPSA) is 0 Å². The molecule has 0 nitrogen and oxygen atoms in total. The maximum atomic E-state index is 13.7. The minimum Gasteiger partial charge on any atom is -0.207 e. The summed E-state index contributed by atoms with van der Waals surface area (Å²) in [6.45, 7) is 4.27. The zero-order valence-corrected chi connectivity index (χ0v) is 12.0. The van der Waals surface area contributed by atoms with Gasteiger partial charge in [-0.15, -0.1) is 0 Å². The molecule has 1 saturated carbocycles. The molecular formula is C14H16BrF3. The van der Waals surface area contributed by atoms with Crippen LogP contribution in [0.1, 0.15) is 43.5 Å². The molecule has 0 heterocycles. The van der Waals surface area contributed by atoms with Crippen molar-refractivity contribution >= 4 is 15.9 Å². The summed E-state index contributed by atoms with van der Waals surface area (Å²) in [6, 6.07) is 1.60. The average Bonchev–Trinajstić information content (AvgIpc) is 2.62. The molecule has 1 aromatic carbocycles. The summed E-state index contributed by atoms with van der Waals surface area (Å²) in [5.74, 6) is -2.58. The smallest absolute Gasteiger partial charge is 0.161 e. The molecule has 2 atom stereocenters. The second kappa shape index (κ2) is 4.87. The van der Waals surface area contributed by atoms with Gasteiger partial charge in [0.05, 0.1) is 0 Å². The van der Waals surface area contributed by atoms with Crippen molar-refractivity contribution in [1.29, 1.82) is 0 Å². The fourth-order valence-corrected chi connectivity index (χ4v) is 4.19. The van der Waals surface area contributed by atoms with Crippen LogP contribution in [0.4, 0.5) is 13.2 Å². The fourth-order valence-electron chi connectivity index (χ4n) is 2.86. The Balaban J connectivity index is 2.34. The standard InChI is InChI=1S/C14H16BrF3/c1-14(2)5-3-4-9(14)13(15)8-6-11(17)12(18)7-10(8)16/h6-7,9,13H,3-5H2,1-2H3. The summed E-state index contributed by atoms with van der Waals surface area (Å²) in [5, 5.41) is 0. The molecule has 0 aromatic heterocycles. The number of alkyl halides is 1. The first kappa shape index (κ1) is 13.9. The lowest BCUT2D eigenvalue weighted by Crippen LogP contribution is -2.22. The normalized spacial score (nSPS) is 24.2. The van der Waals surface area contributed by atoms with Crippen molar-refractivity contribution in [3.8, 4) is 0 Å². The molecule has 4 heteroatoms. The van der Waals surface area contributed by atoms with Crippen LogP contribution >= 0.6 is 15.9 Å². The Morgan fingerprint density at radius 1 is 1.17 bits per heavy atom. The number of rotatable bonds is 2. The van der Waals surface area contributed by atoms with Crippen molar-refractivity contribution in [2.24, 2.45) is 11.3 Å². The molecule has 0 aliphatic heterocycles. The van der Waals surface area contributed by atoms with E-state index in [-0.39, 0.29) is 21.7 Å². The lowest BCUT2D eigenvalue weighted by atomic mass is 9.78. The van der Waals surface area contributed by atoms with Crippen molar-refractivity contribution in [1.82, 2.24) is 0 Å². The van der Waals surface area contributed by atoms with Gasteiger partial charge in [0, 0.05) is 16.5 Å². The van der Waals surface area contributed by atoms with Crippen molar-refractivity contribution in [2.45, 2.75) is 37.9 Å².